The number of thiophene rings is 1. The van der Waals surface area contributed by atoms with Crippen LogP contribution in [0.25, 0.3) is 10.1 Å². The van der Waals surface area contributed by atoms with Gasteiger partial charge in [-0.3, -0.25) is 9.59 Å². The second kappa shape index (κ2) is 9.55. The summed E-state index contributed by atoms with van der Waals surface area (Å²) in [5.41, 5.74) is 0.334. The number of fused-ring (bicyclic) bond motifs is 2. The van der Waals surface area contributed by atoms with Gasteiger partial charge in [0.15, 0.2) is 0 Å². The van der Waals surface area contributed by atoms with Gasteiger partial charge in [0.25, 0.3) is 11.5 Å². The molecule has 0 bridgehead atoms. The number of alkyl halides is 3. The van der Waals surface area contributed by atoms with Gasteiger partial charge < -0.3 is 15.1 Å². The van der Waals surface area contributed by atoms with E-state index < -0.39 is 23.3 Å². The molecule has 5 rings (SSSR count). The molecular weight excluding hydrogens is 505 g/mol. The second-order valence-electron chi connectivity index (χ2n) is 8.75. The van der Waals surface area contributed by atoms with Gasteiger partial charge in [-0.25, -0.2) is 4.98 Å². The molecule has 3 heterocycles. The summed E-state index contributed by atoms with van der Waals surface area (Å²) >= 11 is 1.41. The Morgan fingerprint density at radius 2 is 1.89 bits per heavy atom. The fourth-order valence-electron chi connectivity index (χ4n) is 4.37. The van der Waals surface area contributed by atoms with E-state index in [1.807, 2.05) is 30.3 Å². The molecule has 0 unspecified atom stereocenters. The van der Waals surface area contributed by atoms with Crippen LogP contribution in [0.2, 0.25) is 0 Å². The van der Waals surface area contributed by atoms with E-state index >= 15 is 0 Å². The lowest BCUT2D eigenvalue weighted by Gasteiger charge is -2.28. The highest BCUT2D eigenvalue weighted by Crippen LogP contribution is 2.31. The number of anilines is 1. The molecule has 1 N–H and O–H groups in total. The molecular formula is C26H23F3N4O3S. The van der Waals surface area contributed by atoms with Crippen LogP contribution in [0.4, 0.5) is 19.1 Å². The topological polar surface area (TPSA) is 76.5 Å². The lowest BCUT2D eigenvalue weighted by molar-refractivity contribution is -0.137. The van der Waals surface area contributed by atoms with Crippen LogP contribution in [0.5, 0.6) is 0 Å². The lowest BCUT2D eigenvalue weighted by Crippen LogP contribution is -2.42. The number of rotatable bonds is 5. The smallest absolute Gasteiger partial charge is 0.411 e. The number of halogens is 3. The molecule has 1 aliphatic heterocycles. The first-order valence-corrected chi connectivity index (χ1v) is 12.4. The number of carbonyl (C=O) groups is 1. The third kappa shape index (κ3) is 4.78. The molecule has 11 heteroatoms. The Kier molecular flexibility index (Phi) is 6.40. The van der Waals surface area contributed by atoms with Crippen LogP contribution in [0.15, 0.2) is 59.4 Å². The summed E-state index contributed by atoms with van der Waals surface area (Å²) in [5, 5.41) is 4.06. The van der Waals surface area contributed by atoms with Gasteiger partial charge in [0.2, 0.25) is 5.95 Å². The number of hydrogen-bond donors (Lipinski definition) is 1. The van der Waals surface area contributed by atoms with Crippen molar-refractivity contribution >= 4 is 33.3 Å². The average Bonchev–Trinajstić information content (AvgIpc) is 3.32. The molecule has 0 radical (unpaired) electrons. The van der Waals surface area contributed by atoms with Crippen LogP contribution in [-0.2, 0) is 19.1 Å². The number of aromatic nitrogens is 2. The largest absolute Gasteiger partial charge is 0.416 e. The van der Waals surface area contributed by atoms with E-state index in [0.29, 0.717) is 34.7 Å². The van der Waals surface area contributed by atoms with Crippen molar-refractivity contribution in [2.24, 2.45) is 0 Å². The van der Waals surface area contributed by atoms with Crippen LogP contribution < -0.4 is 15.7 Å². The Morgan fingerprint density at radius 1 is 1.16 bits per heavy atom. The molecule has 1 aliphatic rings. The Hall–Kier alpha value is -3.86. The number of nitrogens with one attached hydrogen (secondary N) is 1. The maximum Gasteiger partial charge on any atom is 0.416 e. The predicted molar refractivity (Wildman–Crippen MR) is 135 cm³/mol. The summed E-state index contributed by atoms with van der Waals surface area (Å²) in [5.74, 6) is -0.00345. The van der Waals surface area contributed by atoms with Crippen molar-refractivity contribution in [3.63, 3.8) is 0 Å². The van der Waals surface area contributed by atoms with Crippen molar-refractivity contribution in [2.75, 3.05) is 19.0 Å². The molecule has 2 aromatic carbocycles. The summed E-state index contributed by atoms with van der Waals surface area (Å²) in [6, 6.07) is 14.0. The Balaban J connectivity index is 1.38. The van der Waals surface area contributed by atoms with Crippen molar-refractivity contribution < 1.29 is 22.8 Å². The SMILES string of the molecule is COn1c(N[C@@H](C)c2ccc(C(F)(F)F)cc2)nc2c(c1=O)CN(C(=O)c1cc3ccccc3s1)CC2. The molecule has 0 saturated heterocycles. The molecule has 7 nitrogen and oxygen atoms in total. The summed E-state index contributed by atoms with van der Waals surface area (Å²) < 4.78 is 40.7. The zero-order valence-corrected chi connectivity index (χ0v) is 20.8. The normalized spacial score (nSPS) is 14.4. The summed E-state index contributed by atoms with van der Waals surface area (Å²) in [4.78, 5) is 38.6. The molecule has 37 heavy (non-hydrogen) atoms. The second-order valence-corrected chi connectivity index (χ2v) is 9.84. The fourth-order valence-corrected chi connectivity index (χ4v) is 5.40. The van der Waals surface area contributed by atoms with Crippen molar-refractivity contribution in [1.82, 2.24) is 14.6 Å². The van der Waals surface area contributed by atoms with Crippen LogP contribution in [0.1, 0.15) is 45.0 Å². The van der Waals surface area contributed by atoms with E-state index in [2.05, 4.69) is 10.3 Å². The summed E-state index contributed by atoms with van der Waals surface area (Å²) in [6.07, 6.45) is -4.03. The Morgan fingerprint density at radius 3 is 2.57 bits per heavy atom. The van der Waals surface area contributed by atoms with Crippen LogP contribution in [0.3, 0.4) is 0 Å². The van der Waals surface area contributed by atoms with E-state index in [4.69, 9.17) is 4.84 Å². The highest BCUT2D eigenvalue weighted by Gasteiger charge is 2.31. The number of nitrogens with zero attached hydrogens (tertiary/aromatic N) is 3. The lowest BCUT2D eigenvalue weighted by atomic mass is 10.1. The van der Waals surface area contributed by atoms with Gasteiger partial charge in [-0.15, -0.1) is 16.1 Å². The molecule has 0 fully saturated rings. The number of carbonyl (C=O) groups excluding carboxylic acids is 1. The van der Waals surface area contributed by atoms with E-state index in [1.54, 1.807) is 11.8 Å². The van der Waals surface area contributed by atoms with Crippen molar-refractivity contribution in [2.45, 2.75) is 32.1 Å². The first-order chi connectivity index (χ1) is 17.7. The molecule has 1 atom stereocenters. The maximum absolute atomic E-state index is 13.3. The van der Waals surface area contributed by atoms with Crippen molar-refractivity contribution in [1.29, 1.82) is 0 Å². The molecule has 1 amide bonds. The van der Waals surface area contributed by atoms with E-state index in [0.717, 1.165) is 26.9 Å². The zero-order chi connectivity index (χ0) is 26.3. The van der Waals surface area contributed by atoms with Crippen LogP contribution >= 0.6 is 11.3 Å². The summed E-state index contributed by atoms with van der Waals surface area (Å²) in [7, 11) is 1.33. The Bertz CT molecular complexity index is 1500. The number of hydrogen-bond acceptors (Lipinski definition) is 6. The number of benzene rings is 2. The van der Waals surface area contributed by atoms with Gasteiger partial charge >= 0.3 is 6.18 Å². The molecule has 192 valence electrons. The third-order valence-corrected chi connectivity index (χ3v) is 7.49. The highest BCUT2D eigenvalue weighted by molar-refractivity contribution is 7.20. The predicted octanol–water partition coefficient (Wildman–Crippen LogP) is 4.91. The molecule has 0 saturated carbocycles. The van der Waals surface area contributed by atoms with Crippen LogP contribution in [-0.4, -0.2) is 34.2 Å². The molecule has 0 spiro atoms. The van der Waals surface area contributed by atoms with Gasteiger partial charge in [-0.05, 0) is 42.1 Å². The zero-order valence-electron chi connectivity index (χ0n) is 20.0. The minimum absolute atomic E-state index is 0.104. The van der Waals surface area contributed by atoms with E-state index in [1.165, 1.54) is 30.6 Å². The average molecular weight is 529 g/mol. The third-order valence-electron chi connectivity index (χ3n) is 6.38. The molecule has 4 aromatic rings. The first kappa shape index (κ1) is 24.8. The van der Waals surface area contributed by atoms with Crippen molar-refractivity contribution in [3.8, 4) is 0 Å². The number of amides is 1. The van der Waals surface area contributed by atoms with Gasteiger partial charge in [0.05, 0.1) is 34.3 Å². The fraction of sp³-hybridized carbons (Fsp3) is 0.269. The van der Waals surface area contributed by atoms with Gasteiger partial charge in [-0.1, -0.05) is 30.3 Å². The van der Waals surface area contributed by atoms with Gasteiger partial charge in [-0.2, -0.15) is 13.2 Å². The van der Waals surface area contributed by atoms with Crippen LogP contribution in [0, 0.1) is 0 Å². The first-order valence-electron chi connectivity index (χ1n) is 11.6. The van der Waals surface area contributed by atoms with Gasteiger partial charge in [0, 0.05) is 17.7 Å². The van der Waals surface area contributed by atoms with E-state index in [-0.39, 0.29) is 18.4 Å². The van der Waals surface area contributed by atoms with E-state index in [9.17, 15) is 22.8 Å². The Labute approximate surface area is 214 Å². The minimum Gasteiger partial charge on any atom is -0.411 e. The standard InChI is InChI=1S/C26H23F3N4O3S/c1-15(16-7-9-18(10-8-16)26(27,28)29)30-25-31-20-11-12-32(14-19(20)23(34)33(25)36-2)24(35)22-13-17-5-3-4-6-21(17)37-22/h3-10,13,15H,11-12,14H2,1-2H3,(H,30,31)/t15-/m0/s1. The minimum atomic E-state index is -4.42. The van der Waals surface area contributed by atoms with Crippen molar-refractivity contribution in [3.05, 3.63) is 92.2 Å². The molecule has 0 aliphatic carbocycles. The quantitative estimate of drug-likeness (QED) is 0.399. The summed E-state index contributed by atoms with van der Waals surface area (Å²) in [6.45, 7) is 2.25. The highest BCUT2D eigenvalue weighted by atomic mass is 32.1. The molecule has 2 aromatic heterocycles. The van der Waals surface area contributed by atoms with Gasteiger partial charge in [0.1, 0.15) is 7.11 Å². The maximum atomic E-state index is 13.3. The monoisotopic (exact) mass is 528 g/mol.